The first-order chi connectivity index (χ1) is 15.3. The molecule has 32 heavy (non-hydrogen) atoms. The number of hydrogen-bond acceptors (Lipinski definition) is 4. The van der Waals surface area contributed by atoms with Crippen LogP contribution in [-0.4, -0.2) is 48.0 Å². The molecule has 2 aliphatic rings. The molecule has 168 valence electrons. The monoisotopic (exact) mass is 433 g/mol. The van der Waals surface area contributed by atoms with Gasteiger partial charge in [0.05, 0.1) is 5.69 Å². The number of fused-ring (bicyclic) bond motifs is 1. The Morgan fingerprint density at radius 2 is 1.78 bits per heavy atom. The van der Waals surface area contributed by atoms with Crippen molar-refractivity contribution in [3.05, 3.63) is 59.7 Å². The Bertz CT molecular complexity index is 1040. The number of hydrogen-bond donors (Lipinski definition) is 2. The van der Waals surface area contributed by atoms with Gasteiger partial charge in [0.1, 0.15) is 5.84 Å². The second-order valence-electron chi connectivity index (χ2n) is 8.77. The van der Waals surface area contributed by atoms with Crippen molar-refractivity contribution in [1.82, 2.24) is 10.2 Å². The summed E-state index contributed by atoms with van der Waals surface area (Å²) in [4.78, 5) is 34.8. The zero-order valence-corrected chi connectivity index (χ0v) is 19.1. The highest BCUT2D eigenvalue weighted by molar-refractivity contribution is 6.12. The number of amidine groups is 1. The molecular weight excluding hydrogens is 402 g/mol. The quantitative estimate of drug-likeness (QED) is 0.748. The van der Waals surface area contributed by atoms with Crippen molar-refractivity contribution in [3.8, 4) is 0 Å². The molecule has 3 atom stereocenters. The topological polar surface area (TPSA) is 77.0 Å². The number of para-hydroxylation sites is 1. The minimum atomic E-state index is -1.02. The third-order valence-electron chi connectivity index (χ3n) is 6.30. The highest BCUT2D eigenvalue weighted by atomic mass is 16.2. The molecule has 0 saturated carbocycles. The largest absolute Gasteiger partial charge is 0.351 e. The number of likely N-dealkylation sites (N-methyl/N-ethyl adjacent to an activating group) is 1. The molecule has 2 aliphatic heterocycles. The van der Waals surface area contributed by atoms with Gasteiger partial charge in [0.15, 0.2) is 0 Å². The van der Waals surface area contributed by atoms with Gasteiger partial charge in [0, 0.05) is 30.4 Å². The molecule has 0 aliphatic carbocycles. The molecule has 0 aromatic heterocycles. The minimum Gasteiger partial charge on any atom is -0.351 e. The van der Waals surface area contributed by atoms with Crippen LogP contribution in [0.5, 0.6) is 0 Å². The number of carbonyl (C=O) groups excluding carboxylic acids is 2. The number of nitrogens with one attached hydrogen (secondary N) is 2. The first-order valence-electron chi connectivity index (χ1n) is 11.2. The zero-order valence-electron chi connectivity index (χ0n) is 19.1. The van der Waals surface area contributed by atoms with E-state index in [1.165, 1.54) is 6.42 Å². The first-order valence-corrected chi connectivity index (χ1v) is 11.2. The zero-order chi connectivity index (χ0) is 22.8. The van der Waals surface area contributed by atoms with Crippen molar-refractivity contribution in [3.63, 3.8) is 0 Å². The summed E-state index contributed by atoms with van der Waals surface area (Å²) < 4.78 is 0. The summed E-state index contributed by atoms with van der Waals surface area (Å²) in [6.45, 7) is 6.36. The molecule has 2 aromatic rings. The number of amides is 3. The van der Waals surface area contributed by atoms with E-state index in [2.05, 4.69) is 29.4 Å². The maximum absolute atomic E-state index is 13.3. The lowest BCUT2D eigenvalue weighted by molar-refractivity contribution is -0.119. The minimum absolute atomic E-state index is 0.274. The predicted molar refractivity (Wildman–Crippen MR) is 128 cm³/mol. The van der Waals surface area contributed by atoms with Crippen LogP contribution in [0.4, 0.5) is 16.2 Å². The number of likely N-dealkylation sites (tertiary alicyclic amines) is 1. The first kappa shape index (κ1) is 21.9. The Morgan fingerprint density at radius 3 is 2.50 bits per heavy atom. The van der Waals surface area contributed by atoms with Crippen LogP contribution < -0.4 is 15.5 Å². The van der Waals surface area contributed by atoms with Gasteiger partial charge in [-0.1, -0.05) is 24.3 Å². The summed E-state index contributed by atoms with van der Waals surface area (Å²) in [5.74, 6) is 0.489. The van der Waals surface area contributed by atoms with E-state index in [0.29, 0.717) is 17.8 Å². The third kappa shape index (κ3) is 4.33. The molecule has 2 aromatic carbocycles. The van der Waals surface area contributed by atoms with E-state index in [1.54, 1.807) is 11.9 Å². The van der Waals surface area contributed by atoms with Crippen molar-refractivity contribution in [2.75, 3.05) is 17.3 Å². The molecule has 1 saturated heterocycles. The van der Waals surface area contributed by atoms with E-state index < -0.39 is 12.2 Å². The molecule has 2 unspecified atom stereocenters. The lowest BCUT2D eigenvalue weighted by Crippen LogP contribution is -2.50. The standard InChI is InChI=1S/C25H31N5O2/c1-16-9-7-12-19(15-16)26-25(32)28-22-24(31)29(4)21-14-6-5-13-20(21)23(27-22)30-17(2)10-8-11-18(30)3/h5-7,9,12-15,17-18,22H,8,10-11H2,1-4H3,(H2,26,28,32)/t17?,18?,22-/m0/s1. The van der Waals surface area contributed by atoms with Crippen molar-refractivity contribution in [2.24, 2.45) is 4.99 Å². The number of urea groups is 1. The number of benzene rings is 2. The van der Waals surface area contributed by atoms with E-state index in [0.717, 1.165) is 35.5 Å². The number of anilines is 2. The third-order valence-corrected chi connectivity index (χ3v) is 6.30. The SMILES string of the molecule is Cc1cccc(NC(=O)N[C@@H]2N=C(N3C(C)CCCC3C)c3ccccc3N(C)C2=O)c1. The molecule has 3 amide bonds. The van der Waals surface area contributed by atoms with Crippen LogP contribution in [0.15, 0.2) is 53.5 Å². The van der Waals surface area contributed by atoms with Gasteiger partial charge in [-0.05, 0) is 69.9 Å². The maximum atomic E-state index is 13.3. The summed E-state index contributed by atoms with van der Waals surface area (Å²) in [6.07, 6.45) is 2.30. The highest BCUT2D eigenvalue weighted by Gasteiger charge is 2.36. The summed E-state index contributed by atoms with van der Waals surface area (Å²) in [6, 6.07) is 15.5. The number of rotatable bonds is 2. The average molecular weight is 434 g/mol. The van der Waals surface area contributed by atoms with Gasteiger partial charge in [-0.3, -0.25) is 4.79 Å². The predicted octanol–water partition coefficient (Wildman–Crippen LogP) is 4.13. The number of carbonyl (C=O) groups is 2. The van der Waals surface area contributed by atoms with Gasteiger partial charge in [-0.2, -0.15) is 0 Å². The molecular formula is C25H31N5O2. The van der Waals surface area contributed by atoms with Crippen LogP contribution in [0.1, 0.15) is 44.2 Å². The van der Waals surface area contributed by atoms with Crippen LogP contribution in [0, 0.1) is 6.92 Å². The maximum Gasteiger partial charge on any atom is 0.321 e. The van der Waals surface area contributed by atoms with E-state index in [9.17, 15) is 9.59 Å². The number of aliphatic imine (C=N–C) groups is 1. The van der Waals surface area contributed by atoms with Gasteiger partial charge >= 0.3 is 6.03 Å². The van der Waals surface area contributed by atoms with Crippen LogP contribution in [0.25, 0.3) is 0 Å². The smallest absolute Gasteiger partial charge is 0.321 e. The molecule has 2 N–H and O–H groups in total. The van der Waals surface area contributed by atoms with E-state index in [1.807, 2.05) is 55.5 Å². The molecule has 2 heterocycles. The number of nitrogens with zero attached hydrogens (tertiary/aromatic N) is 3. The lowest BCUT2D eigenvalue weighted by atomic mass is 9.95. The molecule has 7 nitrogen and oxygen atoms in total. The number of piperidine rings is 1. The molecule has 4 rings (SSSR count). The van der Waals surface area contributed by atoms with E-state index >= 15 is 0 Å². The van der Waals surface area contributed by atoms with Crippen LogP contribution in [0.3, 0.4) is 0 Å². The van der Waals surface area contributed by atoms with E-state index in [4.69, 9.17) is 4.99 Å². The van der Waals surface area contributed by atoms with Gasteiger partial charge < -0.3 is 20.4 Å². The summed E-state index contributed by atoms with van der Waals surface area (Å²) in [7, 11) is 1.73. The van der Waals surface area contributed by atoms with Gasteiger partial charge in [0.25, 0.3) is 5.91 Å². The Balaban J connectivity index is 1.69. The summed E-state index contributed by atoms with van der Waals surface area (Å²) in [5, 5.41) is 5.60. The van der Waals surface area contributed by atoms with Gasteiger partial charge in [0.2, 0.25) is 6.17 Å². The van der Waals surface area contributed by atoms with Crippen LogP contribution >= 0.6 is 0 Å². The fraction of sp³-hybridized carbons (Fsp3) is 0.400. The van der Waals surface area contributed by atoms with Gasteiger partial charge in [-0.25, -0.2) is 9.79 Å². The lowest BCUT2D eigenvalue weighted by Gasteiger charge is -2.41. The molecule has 0 radical (unpaired) electrons. The van der Waals surface area contributed by atoms with Crippen molar-refractivity contribution >= 4 is 29.1 Å². The second kappa shape index (κ2) is 9.02. The van der Waals surface area contributed by atoms with E-state index in [-0.39, 0.29) is 5.91 Å². The van der Waals surface area contributed by atoms with Crippen molar-refractivity contribution in [2.45, 2.75) is 58.3 Å². The fourth-order valence-electron chi connectivity index (χ4n) is 4.66. The van der Waals surface area contributed by atoms with Gasteiger partial charge in [-0.15, -0.1) is 0 Å². The number of benzodiazepines with no additional fused rings is 1. The van der Waals surface area contributed by atoms with Crippen LogP contribution in [0.2, 0.25) is 0 Å². The van der Waals surface area contributed by atoms with Crippen LogP contribution in [-0.2, 0) is 4.79 Å². The fourth-order valence-corrected chi connectivity index (χ4v) is 4.66. The molecule has 1 fully saturated rings. The Hall–Kier alpha value is -3.35. The Labute approximate surface area is 189 Å². The number of aryl methyl sites for hydroxylation is 1. The normalized spacial score (nSPS) is 23.2. The second-order valence-corrected chi connectivity index (χ2v) is 8.77. The molecule has 0 spiro atoms. The van der Waals surface area contributed by atoms with Crippen molar-refractivity contribution in [1.29, 1.82) is 0 Å². The highest BCUT2D eigenvalue weighted by Crippen LogP contribution is 2.31. The van der Waals surface area contributed by atoms with Crippen molar-refractivity contribution < 1.29 is 9.59 Å². The molecule has 0 bridgehead atoms. The Kier molecular flexibility index (Phi) is 6.17. The molecule has 7 heteroatoms. The summed E-state index contributed by atoms with van der Waals surface area (Å²) in [5.41, 5.74) is 3.41. The average Bonchev–Trinajstić information content (AvgIpc) is 2.85. The summed E-state index contributed by atoms with van der Waals surface area (Å²) >= 11 is 0. The Morgan fingerprint density at radius 1 is 1.06 bits per heavy atom.